The van der Waals surface area contributed by atoms with Crippen LogP contribution in [0.25, 0.3) is 11.4 Å². The number of aromatic nitrogens is 4. The Morgan fingerprint density at radius 3 is 2.67 bits per heavy atom. The van der Waals surface area contributed by atoms with E-state index in [1.807, 2.05) is 29.3 Å². The molecule has 2 aromatic heterocycles. The lowest BCUT2D eigenvalue weighted by atomic mass is 10.1. The van der Waals surface area contributed by atoms with E-state index >= 15 is 0 Å². The molecule has 3 rings (SSSR count). The number of hydrogen-bond donors (Lipinski definition) is 0. The largest absolute Gasteiger partial charge is 0.331 e. The lowest BCUT2D eigenvalue weighted by Crippen LogP contribution is -2.07. The summed E-state index contributed by atoms with van der Waals surface area (Å²) in [5.41, 5.74) is 2.41. The van der Waals surface area contributed by atoms with Crippen LogP contribution in [0.15, 0.2) is 55.1 Å². The number of imidazole rings is 1. The van der Waals surface area contributed by atoms with E-state index in [0.717, 1.165) is 18.9 Å². The summed E-state index contributed by atoms with van der Waals surface area (Å²) in [6.07, 6.45) is 7.72. The Balaban J connectivity index is 1.97. The monoisotopic (exact) mass is 280 g/mol. The van der Waals surface area contributed by atoms with Crippen molar-refractivity contribution in [2.75, 3.05) is 0 Å². The second-order valence-electron chi connectivity index (χ2n) is 5.66. The van der Waals surface area contributed by atoms with Crippen LogP contribution in [0.4, 0.5) is 0 Å². The topological polar surface area (TPSA) is 35.6 Å². The summed E-state index contributed by atoms with van der Waals surface area (Å²) in [7, 11) is 0. The lowest BCUT2D eigenvalue weighted by Gasteiger charge is -2.13. The molecule has 0 bridgehead atoms. The SMILES string of the molecule is CC(C)Cn1ccnc1-c1ccccc1Cn1cccn1. The van der Waals surface area contributed by atoms with Gasteiger partial charge < -0.3 is 4.57 Å². The average molecular weight is 280 g/mol. The molecule has 21 heavy (non-hydrogen) atoms. The van der Waals surface area contributed by atoms with Crippen LogP contribution in [0.5, 0.6) is 0 Å². The number of rotatable bonds is 5. The van der Waals surface area contributed by atoms with Crippen molar-refractivity contribution in [3.8, 4) is 11.4 Å². The molecular weight excluding hydrogens is 260 g/mol. The van der Waals surface area contributed by atoms with Gasteiger partial charge in [-0.2, -0.15) is 5.10 Å². The molecule has 0 unspecified atom stereocenters. The summed E-state index contributed by atoms with van der Waals surface area (Å²) in [4.78, 5) is 4.56. The van der Waals surface area contributed by atoms with Crippen molar-refractivity contribution in [3.63, 3.8) is 0 Å². The van der Waals surface area contributed by atoms with Crippen LogP contribution in [-0.4, -0.2) is 19.3 Å². The number of nitrogens with zero attached hydrogens (tertiary/aromatic N) is 4. The van der Waals surface area contributed by atoms with Gasteiger partial charge in [-0.15, -0.1) is 0 Å². The first-order valence-electron chi connectivity index (χ1n) is 7.31. The van der Waals surface area contributed by atoms with Crippen LogP contribution in [0.2, 0.25) is 0 Å². The quantitative estimate of drug-likeness (QED) is 0.717. The second-order valence-corrected chi connectivity index (χ2v) is 5.66. The van der Waals surface area contributed by atoms with Crippen LogP contribution in [0.1, 0.15) is 19.4 Å². The van der Waals surface area contributed by atoms with E-state index in [2.05, 4.69) is 59.0 Å². The van der Waals surface area contributed by atoms with E-state index in [1.165, 1.54) is 11.1 Å². The zero-order valence-electron chi connectivity index (χ0n) is 12.5. The minimum absolute atomic E-state index is 0.594. The average Bonchev–Trinajstić information content (AvgIpc) is 3.11. The van der Waals surface area contributed by atoms with Crippen molar-refractivity contribution >= 4 is 0 Å². The summed E-state index contributed by atoms with van der Waals surface area (Å²) >= 11 is 0. The molecule has 0 spiro atoms. The van der Waals surface area contributed by atoms with Crippen LogP contribution < -0.4 is 0 Å². The first kappa shape index (κ1) is 13.6. The molecule has 0 saturated heterocycles. The molecule has 0 aliphatic rings. The fourth-order valence-electron chi connectivity index (χ4n) is 2.54. The Kier molecular flexibility index (Phi) is 3.86. The molecule has 0 N–H and O–H groups in total. The van der Waals surface area contributed by atoms with Crippen LogP contribution in [-0.2, 0) is 13.1 Å². The highest BCUT2D eigenvalue weighted by molar-refractivity contribution is 5.60. The van der Waals surface area contributed by atoms with Crippen molar-refractivity contribution in [3.05, 3.63) is 60.7 Å². The van der Waals surface area contributed by atoms with Gasteiger partial charge in [0.2, 0.25) is 0 Å². The van der Waals surface area contributed by atoms with E-state index < -0.39 is 0 Å². The predicted octanol–water partition coefficient (Wildman–Crippen LogP) is 3.45. The highest BCUT2D eigenvalue weighted by atomic mass is 15.3. The summed E-state index contributed by atoms with van der Waals surface area (Å²) in [5, 5.41) is 4.29. The maximum Gasteiger partial charge on any atom is 0.140 e. The molecule has 0 fully saturated rings. The standard InChI is InChI=1S/C17H20N4/c1-14(2)12-20-11-9-18-17(20)16-7-4-3-6-15(16)13-21-10-5-8-19-21/h3-11,14H,12-13H2,1-2H3. The van der Waals surface area contributed by atoms with E-state index in [0.29, 0.717) is 5.92 Å². The zero-order valence-corrected chi connectivity index (χ0v) is 12.5. The number of benzene rings is 1. The summed E-state index contributed by atoms with van der Waals surface area (Å²) < 4.78 is 4.17. The fourth-order valence-corrected chi connectivity index (χ4v) is 2.54. The Bertz CT molecular complexity index is 695. The molecular formula is C17H20N4. The van der Waals surface area contributed by atoms with Gasteiger partial charge in [-0.1, -0.05) is 38.1 Å². The van der Waals surface area contributed by atoms with Gasteiger partial charge in [0.1, 0.15) is 5.82 Å². The van der Waals surface area contributed by atoms with Crippen molar-refractivity contribution in [2.24, 2.45) is 5.92 Å². The van der Waals surface area contributed by atoms with E-state index in [4.69, 9.17) is 0 Å². The van der Waals surface area contributed by atoms with Crippen LogP contribution in [0, 0.1) is 5.92 Å². The third-order valence-corrected chi connectivity index (χ3v) is 3.43. The Morgan fingerprint density at radius 1 is 1.05 bits per heavy atom. The maximum absolute atomic E-state index is 4.56. The highest BCUT2D eigenvalue weighted by Crippen LogP contribution is 2.23. The second kappa shape index (κ2) is 5.95. The lowest BCUT2D eigenvalue weighted by molar-refractivity contribution is 0.526. The Hall–Kier alpha value is -2.36. The fraction of sp³-hybridized carbons (Fsp3) is 0.294. The minimum atomic E-state index is 0.594. The molecule has 4 heteroatoms. The molecule has 0 atom stereocenters. The molecule has 0 aliphatic carbocycles. The van der Waals surface area contributed by atoms with Crippen molar-refractivity contribution in [2.45, 2.75) is 26.9 Å². The van der Waals surface area contributed by atoms with Gasteiger partial charge in [-0.3, -0.25) is 4.68 Å². The van der Waals surface area contributed by atoms with Gasteiger partial charge in [0.05, 0.1) is 6.54 Å². The first-order valence-corrected chi connectivity index (χ1v) is 7.31. The smallest absolute Gasteiger partial charge is 0.140 e. The van der Waals surface area contributed by atoms with Gasteiger partial charge >= 0.3 is 0 Å². The van der Waals surface area contributed by atoms with Gasteiger partial charge in [-0.05, 0) is 17.5 Å². The summed E-state index contributed by atoms with van der Waals surface area (Å²) in [6.45, 7) is 6.18. The maximum atomic E-state index is 4.56. The van der Waals surface area contributed by atoms with E-state index in [1.54, 1.807) is 0 Å². The predicted molar refractivity (Wildman–Crippen MR) is 83.8 cm³/mol. The van der Waals surface area contributed by atoms with Crippen molar-refractivity contribution in [1.82, 2.24) is 19.3 Å². The van der Waals surface area contributed by atoms with Crippen LogP contribution >= 0.6 is 0 Å². The zero-order chi connectivity index (χ0) is 14.7. The van der Waals surface area contributed by atoms with Gasteiger partial charge in [0.25, 0.3) is 0 Å². The number of hydrogen-bond acceptors (Lipinski definition) is 2. The molecule has 0 amide bonds. The molecule has 3 aromatic rings. The normalized spacial score (nSPS) is 11.2. The highest BCUT2D eigenvalue weighted by Gasteiger charge is 2.11. The molecule has 4 nitrogen and oxygen atoms in total. The summed E-state index contributed by atoms with van der Waals surface area (Å²) in [5.74, 6) is 1.63. The van der Waals surface area contributed by atoms with Crippen molar-refractivity contribution in [1.29, 1.82) is 0 Å². The van der Waals surface area contributed by atoms with Gasteiger partial charge in [0, 0.05) is 36.9 Å². The van der Waals surface area contributed by atoms with Crippen molar-refractivity contribution < 1.29 is 0 Å². The molecule has 0 radical (unpaired) electrons. The molecule has 2 heterocycles. The molecule has 1 aromatic carbocycles. The third kappa shape index (κ3) is 3.05. The van der Waals surface area contributed by atoms with Gasteiger partial charge in [0.15, 0.2) is 0 Å². The summed E-state index contributed by atoms with van der Waals surface area (Å²) in [6, 6.07) is 10.4. The van der Waals surface area contributed by atoms with E-state index in [-0.39, 0.29) is 0 Å². The van der Waals surface area contributed by atoms with E-state index in [9.17, 15) is 0 Å². The van der Waals surface area contributed by atoms with Crippen LogP contribution in [0.3, 0.4) is 0 Å². The van der Waals surface area contributed by atoms with Gasteiger partial charge in [-0.25, -0.2) is 4.98 Å². The molecule has 0 aliphatic heterocycles. The minimum Gasteiger partial charge on any atom is -0.331 e. The molecule has 0 saturated carbocycles. The molecule has 108 valence electrons. The first-order chi connectivity index (χ1) is 10.2. The Labute approximate surface area is 125 Å². The third-order valence-electron chi connectivity index (χ3n) is 3.43. The Morgan fingerprint density at radius 2 is 1.90 bits per heavy atom.